The molecule has 0 saturated heterocycles. The van der Waals surface area contributed by atoms with Crippen LogP contribution in [0.5, 0.6) is 17.2 Å². The van der Waals surface area contributed by atoms with Gasteiger partial charge in [0.25, 0.3) is 5.91 Å². The number of rotatable bonds is 12. The zero-order valence-corrected chi connectivity index (χ0v) is 20.5. The third-order valence-electron chi connectivity index (χ3n) is 5.55. The molecule has 0 aliphatic carbocycles. The number of carbonyl (C=O) groups is 2. The number of carbonyl (C=O) groups excluding carboxylic acids is 2. The van der Waals surface area contributed by atoms with Gasteiger partial charge < -0.3 is 24.4 Å². The zero-order valence-electron chi connectivity index (χ0n) is 20.5. The molecule has 2 rings (SSSR count). The maximum atomic E-state index is 13.3. The summed E-state index contributed by atoms with van der Waals surface area (Å²) in [7, 11) is 3.10. The molecule has 0 aliphatic heterocycles. The maximum absolute atomic E-state index is 13.3. The van der Waals surface area contributed by atoms with Gasteiger partial charge in [0.2, 0.25) is 5.91 Å². The Kier molecular flexibility index (Phi) is 10.0. The lowest BCUT2D eigenvalue weighted by atomic mass is 10.1. The molecule has 2 amide bonds. The van der Waals surface area contributed by atoms with Crippen LogP contribution in [0, 0.1) is 6.92 Å². The number of methoxy groups -OCH3 is 2. The van der Waals surface area contributed by atoms with Crippen molar-refractivity contribution in [3.63, 3.8) is 0 Å². The van der Waals surface area contributed by atoms with E-state index in [9.17, 15) is 9.59 Å². The van der Waals surface area contributed by atoms with Gasteiger partial charge >= 0.3 is 0 Å². The Hall–Kier alpha value is -3.22. The highest BCUT2D eigenvalue weighted by molar-refractivity contribution is 5.88. The van der Waals surface area contributed by atoms with E-state index in [-0.39, 0.29) is 24.5 Å². The van der Waals surface area contributed by atoms with Crippen LogP contribution in [0.4, 0.5) is 0 Å². The Labute approximate surface area is 197 Å². The van der Waals surface area contributed by atoms with E-state index in [0.717, 1.165) is 17.5 Å². The summed E-state index contributed by atoms with van der Waals surface area (Å²) in [4.78, 5) is 27.9. The predicted molar refractivity (Wildman–Crippen MR) is 129 cm³/mol. The normalized spacial score (nSPS) is 12.4. The van der Waals surface area contributed by atoms with Gasteiger partial charge in [-0.2, -0.15) is 0 Å². The third kappa shape index (κ3) is 7.70. The predicted octanol–water partition coefficient (Wildman–Crippen LogP) is 4.11. The lowest BCUT2D eigenvalue weighted by Crippen LogP contribution is -2.51. The fraction of sp³-hybridized carbons (Fsp3) is 0.462. The minimum Gasteiger partial charge on any atom is -0.496 e. The largest absolute Gasteiger partial charge is 0.496 e. The topological polar surface area (TPSA) is 77.1 Å². The van der Waals surface area contributed by atoms with Crippen molar-refractivity contribution in [3.8, 4) is 17.2 Å². The summed E-state index contributed by atoms with van der Waals surface area (Å²) < 4.78 is 16.3. The van der Waals surface area contributed by atoms with Crippen LogP contribution in [-0.2, 0) is 16.1 Å². The summed E-state index contributed by atoms with van der Waals surface area (Å²) >= 11 is 0. The fourth-order valence-corrected chi connectivity index (χ4v) is 3.34. The van der Waals surface area contributed by atoms with Gasteiger partial charge in [0.05, 0.1) is 14.2 Å². The Morgan fingerprint density at radius 2 is 1.52 bits per heavy atom. The van der Waals surface area contributed by atoms with Crippen LogP contribution in [0.15, 0.2) is 42.5 Å². The summed E-state index contributed by atoms with van der Waals surface area (Å²) in [6.07, 6.45) is 1.31. The number of nitrogens with one attached hydrogen (secondary N) is 1. The molecule has 0 saturated carbocycles. The second-order valence-electron chi connectivity index (χ2n) is 8.09. The average molecular weight is 457 g/mol. The lowest BCUT2D eigenvalue weighted by Gasteiger charge is -2.31. The minimum absolute atomic E-state index is 0.0309. The van der Waals surface area contributed by atoms with Gasteiger partial charge in [-0.15, -0.1) is 0 Å². The van der Waals surface area contributed by atoms with Gasteiger partial charge in [-0.25, -0.2) is 0 Å². The summed E-state index contributed by atoms with van der Waals surface area (Å²) in [6.45, 7) is 7.99. The SMILES string of the molecule is CCC(C)NC(=O)C(CC)N(Cc1ccc(C)cc1)C(=O)COc1cc(OC)cc(OC)c1. The van der Waals surface area contributed by atoms with Crippen molar-refractivity contribution >= 4 is 11.8 Å². The fourth-order valence-electron chi connectivity index (χ4n) is 3.34. The number of benzene rings is 2. The zero-order chi connectivity index (χ0) is 24.4. The second-order valence-corrected chi connectivity index (χ2v) is 8.09. The summed E-state index contributed by atoms with van der Waals surface area (Å²) in [6, 6.07) is 12.5. The van der Waals surface area contributed by atoms with Crippen molar-refractivity contribution in [2.75, 3.05) is 20.8 Å². The smallest absolute Gasteiger partial charge is 0.261 e. The monoisotopic (exact) mass is 456 g/mol. The number of hydrogen-bond acceptors (Lipinski definition) is 5. The maximum Gasteiger partial charge on any atom is 0.261 e. The number of nitrogens with zero attached hydrogens (tertiary/aromatic N) is 1. The van der Waals surface area contributed by atoms with Gasteiger partial charge in [0, 0.05) is 30.8 Å². The molecule has 0 radical (unpaired) electrons. The molecule has 0 spiro atoms. The third-order valence-corrected chi connectivity index (χ3v) is 5.55. The molecule has 0 aliphatic rings. The van der Waals surface area contributed by atoms with Crippen molar-refractivity contribution in [3.05, 3.63) is 53.6 Å². The van der Waals surface area contributed by atoms with Crippen molar-refractivity contribution < 1.29 is 23.8 Å². The Morgan fingerprint density at radius 3 is 2.03 bits per heavy atom. The number of hydrogen-bond donors (Lipinski definition) is 1. The van der Waals surface area contributed by atoms with Crippen molar-refractivity contribution in [1.29, 1.82) is 0 Å². The molecule has 2 aromatic carbocycles. The Balaban J connectivity index is 2.24. The molecule has 33 heavy (non-hydrogen) atoms. The average Bonchev–Trinajstić information content (AvgIpc) is 2.83. The standard InChI is InChI=1S/C26H36N2O5/c1-7-19(4)27-26(30)24(8-2)28(16-20-11-9-18(3)10-12-20)25(29)17-33-23-14-21(31-5)13-22(15-23)32-6/h9-15,19,24H,7-8,16-17H2,1-6H3,(H,27,30). The van der Waals surface area contributed by atoms with Crippen LogP contribution >= 0.6 is 0 Å². The van der Waals surface area contributed by atoms with E-state index < -0.39 is 6.04 Å². The van der Waals surface area contributed by atoms with E-state index >= 15 is 0 Å². The summed E-state index contributed by atoms with van der Waals surface area (Å²) in [5.41, 5.74) is 2.08. The first kappa shape index (κ1) is 26.0. The van der Waals surface area contributed by atoms with Crippen molar-refractivity contribution in [2.24, 2.45) is 0 Å². The van der Waals surface area contributed by atoms with Crippen LogP contribution in [0.25, 0.3) is 0 Å². The van der Waals surface area contributed by atoms with Gasteiger partial charge in [0.15, 0.2) is 6.61 Å². The van der Waals surface area contributed by atoms with E-state index in [1.165, 1.54) is 0 Å². The lowest BCUT2D eigenvalue weighted by molar-refractivity contribution is -0.143. The second kappa shape index (κ2) is 12.7. The highest BCUT2D eigenvalue weighted by atomic mass is 16.5. The first-order valence-electron chi connectivity index (χ1n) is 11.3. The van der Waals surface area contributed by atoms with Gasteiger partial charge in [-0.05, 0) is 32.3 Å². The molecular formula is C26H36N2O5. The van der Waals surface area contributed by atoms with Crippen LogP contribution in [-0.4, -0.2) is 49.6 Å². The van der Waals surface area contributed by atoms with Crippen molar-refractivity contribution in [1.82, 2.24) is 10.2 Å². The van der Waals surface area contributed by atoms with Crippen LogP contribution in [0.3, 0.4) is 0 Å². The van der Waals surface area contributed by atoms with E-state index in [1.807, 2.05) is 52.0 Å². The molecule has 2 atom stereocenters. The first-order valence-corrected chi connectivity index (χ1v) is 11.3. The summed E-state index contributed by atoms with van der Waals surface area (Å²) in [5.74, 6) is 1.14. The molecule has 180 valence electrons. The molecule has 2 aromatic rings. The summed E-state index contributed by atoms with van der Waals surface area (Å²) in [5, 5.41) is 3.01. The number of aryl methyl sites for hydroxylation is 1. The first-order chi connectivity index (χ1) is 15.8. The van der Waals surface area contributed by atoms with Crippen LogP contribution < -0.4 is 19.5 Å². The van der Waals surface area contributed by atoms with Crippen molar-refractivity contribution in [2.45, 2.75) is 59.2 Å². The molecule has 1 N–H and O–H groups in total. The molecular weight excluding hydrogens is 420 g/mol. The molecule has 7 heteroatoms. The van der Waals surface area contributed by atoms with E-state index in [4.69, 9.17) is 14.2 Å². The Morgan fingerprint density at radius 1 is 0.939 bits per heavy atom. The van der Waals surface area contributed by atoms with Gasteiger partial charge in [0.1, 0.15) is 23.3 Å². The van der Waals surface area contributed by atoms with E-state index in [2.05, 4.69) is 5.32 Å². The quantitative estimate of drug-likeness (QED) is 0.520. The van der Waals surface area contributed by atoms with Gasteiger partial charge in [-0.1, -0.05) is 43.7 Å². The highest BCUT2D eigenvalue weighted by Crippen LogP contribution is 2.27. The molecule has 0 fully saturated rings. The molecule has 0 bridgehead atoms. The van der Waals surface area contributed by atoms with E-state index in [1.54, 1.807) is 37.3 Å². The Bertz CT molecular complexity index is 891. The van der Waals surface area contributed by atoms with E-state index in [0.29, 0.717) is 30.2 Å². The number of ether oxygens (including phenoxy) is 3. The molecule has 0 heterocycles. The molecule has 7 nitrogen and oxygen atoms in total. The van der Waals surface area contributed by atoms with Gasteiger partial charge in [-0.3, -0.25) is 9.59 Å². The van der Waals surface area contributed by atoms with Crippen LogP contribution in [0.1, 0.15) is 44.7 Å². The number of amides is 2. The molecule has 2 unspecified atom stereocenters. The van der Waals surface area contributed by atoms with Crippen LogP contribution in [0.2, 0.25) is 0 Å². The minimum atomic E-state index is -0.601. The molecule has 0 aromatic heterocycles. The highest BCUT2D eigenvalue weighted by Gasteiger charge is 2.29.